The highest BCUT2D eigenvalue weighted by atomic mass is 19.4. The maximum Gasteiger partial charge on any atom is 0.434 e. The molecule has 1 saturated heterocycles. The van der Waals surface area contributed by atoms with Gasteiger partial charge < -0.3 is 10.0 Å². The molecule has 1 aromatic carbocycles. The lowest BCUT2D eigenvalue weighted by atomic mass is 9.96. The summed E-state index contributed by atoms with van der Waals surface area (Å²) >= 11 is 0. The lowest BCUT2D eigenvalue weighted by molar-refractivity contribution is -0.143. The van der Waals surface area contributed by atoms with Crippen molar-refractivity contribution in [1.82, 2.24) is 14.7 Å². The van der Waals surface area contributed by atoms with Crippen LogP contribution in [0.25, 0.3) is 5.69 Å². The van der Waals surface area contributed by atoms with Crippen LogP contribution in [0, 0.1) is 5.92 Å². The maximum absolute atomic E-state index is 13.7. The van der Waals surface area contributed by atoms with E-state index in [1.807, 2.05) is 0 Å². The van der Waals surface area contributed by atoms with Gasteiger partial charge >= 0.3 is 12.4 Å². The van der Waals surface area contributed by atoms with Crippen molar-refractivity contribution in [1.29, 1.82) is 0 Å². The smallest absolute Gasteiger partial charge is 0.393 e. The van der Waals surface area contributed by atoms with Gasteiger partial charge in [0.25, 0.3) is 5.91 Å². The van der Waals surface area contributed by atoms with E-state index in [9.17, 15) is 36.2 Å². The molecule has 3 rings (SSSR count). The predicted octanol–water partition coefficient (Wildman–Crippen LogP) is 3.75. The molecule has 1 aliphatic rings. The molecule has 0 spiro atoms. The third-order valence-corrected chi connectivity index (χ3v) is 4.83. The molecule has 0 radical (unpaired) electrons. The third kappa shape index (κ3) is 4.24. The van der Waals surface area contributed by atoms with Crippen LogP contribution in [0.3, 0.4) is 0 Å². The van der Waals surface area contributed by atoms with E-state index in [4.69, 9.17) is 0 Å². The Morgan fingerprint density at radius 2 is 1.86 bits per heavy atom. The number of carbonyl (C=O) groups excluding carboxylic acids is 1. The summed E-state index contributed by atoms with van der Waals surface area (Å²) in [6, 6.07) is 3.28. The number of likely N-dealkylation sites (tertiary alicyclic amines) is 1. The largest absolute Gasteiger partial charge is 0.434 e. The van der Waals surface area contributed by atoms with Gasteiger partial charge in [0.1, 0.15) is 0 Å². The fourth-order valence-corrected chi connectivity index (χ4v) is 3.28. The summed E-state index contributed by atoms with van der Waals surface area (Å²) in [5.41, 5.74) is -3.79. The van der Waals surface area contributed by atoms with E-state index in [2.05, 4.69) is 5.10 Å². The Morgan fingerprint density at radius 3 is 2.45 bits per heavy atom. The summed E-state index contributed by atoms with van der Waals surface area (Å²) in [4.78, 5) is 13.9. The molecule has 2 heterocycles. The summed E-state index contributed by atoms with van der Waals surface area (Å²) in [5.74, 6) is -1.25. The lowest BCUT2D eigenvalue weighted by Crippen LogP contribution is -2.45. The Morgan fingerprint density at radius 1 is 1.17 bits per heavy atom. The SMILES string of the molecule is C[C@@H]1CN(C(=O)c2cnn(-c3cccc(C(F)(F)F)c3)c2C(F)(F)F)CC[C@@H]1O. The second-order valence-electron chi connectivity index (χ2n) is 6.95. The van der Waals surface area contributed by atoms with E-state index >= 15 is 0 Å². The van der Waals surface area contributed by atoms with Crippen LogP contribution >= 0.6 is 0 Å². The van der Waals surface area contributed by atoms with Gasteiger partial charge in [-0.1, -0.05) is 13.0 Å². The van der Waals surface area contributed by atoms with Crippen LogP contribution in [0.5, 0.6) is 0 Å². The Hall–Kier alpha value is -2.56. The zero-order valence-corrected chi connectivity index (χ0v) is 15.1. The van der Waals surface area contributed by atoms with Crippen molar-refractivity contribution in [2.75, 3.05) is 13.1 Å². The van der Waals surface area contributed by atoms with Crippen molar-refractivity contribution >= 4 is 5.91 Å². The Bertz CT molecular complexity index is 906. The summed E-state index contributed by atoms with van der Waals surface area (Å²) in [7, 11) is 0. The number of piperidine rings is 1. The van der Waals surface area contributed by atoms with Gasteiger partial charge in [-0.2, -0.15) is 31.4 Å². The average molecular weight is 421 g/mol. The van der Waals surface area contributed by atoms with Crippen LogP contribution in [-0.4, -0.2) is 44.9 Å². The van der Waals surface area contributed by atoms with Crippen molar-refractivity contribution in [2.24, 2.45) is 5.92 Å². The molecule has 0 unspecified atom stereocenters. The number of aliphatic hydroxyl groups excluding tert-OH is 1. The third-order valence-electron chi connectivity index (χ3n) is 4.83. The van der Waals surface area contributed by atoms with Crippen LogP contribution in [0.2, 0.25) is 0 Å². The van der Waals surface area contributed by atoms with Gasteiger partial charge in [-0.15, -0.1) is 0 Å². The van der Waals surface area contributed by atoms with E-state index in [1.54, 1.807) is 6.92 Å². The second-order valence-corrected chi connectivity index (χ2v) is 6.95. The molecule has 2 aromatic rings. The number of amides is 1. The second kappa shape index (κ2) is 7.36. The van der Waals surface area contributed by atoms with E-state index in [0.717, 1.165) is 18.2 Å². The highest BCUT2D eigenvalue weighted by molar-refractivity contribution is 5.95. The minimum atomic E-state index is -5.03. The molecular weight excluding hydrogens is 404 g/mol. The van der Waals surface area contributed by atoms with Crippen LogP contribution in [0.4, 0.5) is 26.3 Å². The Balaban J connectivity index is 2.04. The minimum absolute atomic E-state index is 0.0615. The standard InChI is InChI=1S/C18H17F6N3O2/c1-10-9-26(6-5-14(10)28)16(29)13-8-25-27(15(13)18(22,23)24)12-4-2-3-11(7-12)17(19,20)21/h2-4,7-8,10,14,28H,5-6,9H2,1H3/t10-,14+/m1/s1. The minimum Gasteiger partial charge on any atom is -0.393 e. The van der Waals surface area contributed by atoms with Crippen LogP contribution in [-0.2, 0) is 12.4 Å². The van der Waals surface area contributed by atoms with Gasteiger partial charge in [0, 0.05) is 13.1 Å². The number of aromatic nitrogens is 2. The fourth-order valence-electron chi connectivity index (χ4n) is 3.28. The summed E-state index contributed by atoms with van der Waals surface area (Å²) in [5, 5.41) is 13.3. The Kier molecular flexibility index (Phi) is 5.37. The van der Waals surface area contributed by atoms with Gasteiger partial charge in [0.2, 0.25) is 0 Å². The highest BCUT2D eigenvalue weighted by Gasteiger charge is 2.42. The molecule has 158 valence electrons. The van der Waals surface area contributed by atoms with E-state index in [1.165, 1.54) is 4.90 Å². The normalized spacial score (nSPS) is 20.8. The number of halogens is 6. The predicted molar refractivity (Wildman–Crippen MR) is 89.3 cm³/mol. The van der Waals surface area contributed by atoms with Crippen molar-refractivity contribution < 1.29 is 36.2 Å². The first kappa shape index (κ1) is 21.2. The summed E-state index contributed by atoms with van der Waals surface area (Å²) < 4.78 is 80.3. The first-order chi connectivity index (χ1) is 13.4. The van der Waals surface area contributed by atoms with Crippen molar-refractivity contribution in [3.05, 3.63) is 47.3 Å². The number of rotatable bonds is 2. The molecule has 29 heavy (non-hydrogen) atoms. The van der Waals surface area contributed by atoms with Crippen molar-refractivity contribution in [3.63, 3.8) is 0 Å². The zero-order chi connectivity index (χ0) is 21.6. The number of aliphatic hydroxyl groups is 1. The van der Waals surface area contributed by atoms with Gasteiger partial charge in [-0.05, 0) is 30.5 Å². The van der Waals surface area contributed by atoms with Gasteiger partial charge in [-0.3, -0.25) is 4.79 Å². The number of hydrogen-bond acceptors (Lipinski definition) is 3. The molecule has 0 aliphatic carbocycles. The average Bonchev–Trinajstić information content (AvgIpc) is 3.08. The Labute approximate surface area is 161 Å². The van der Waals surface area contributed by atoms with E-state index < -0.39 is 46.9 Å². The first-order valence-electron chi connectivity index (χ1n) is 8.69. The molecule has 1 N–H and O–H groups in total. The molecular formula is C18H17F6N3O2. The number of hydrogen-bond donors (Lipinski definition) is 1. The maximum atomic E-state index is 13.7. The van der Waals surface area contributed by atoms with E-state index in [0.29, 0.717) is 16.9 Å². The van der Waals surface area contributed by atoms with Crippen LogP contribution in [0.15, 0.2) is 30.5 Å². The van der Waals surface area contributed by atoms with E-state index in [-0.39, 0.29) is 25.4 Å². The molecule has 1 amide bonds. The van der Waals surface area contributed by atoms with Gasteiger partial charge in [0.15, 0.2) is 5.69 Å². The molecule has 1 aliphatic heterocycles. The topological polar surface area (TPSA) is 58.4 Å². The number of benzene rings is 1. The molecule has 0 saturated carbocycles. The molecule has 11 heteroatoms. The van der Waals surface area contributed by atoms with Crippen LogP contribution < -0.4 is 0 Å². The summed E-state index contributed by atoms with van der Waals surface area (Å²) in [6.07, 6.45) is -9.51. The number of carbonyl (C=O) groups is 1. The number of alkyl halides is 6. The monoisotopic (exact) mass is 421 g/mol. The highest BCUT2D eigenvalue weighted by Crippen LogP contribution is 2.36. The molecule has 5 nitrogen and oxygen atoms in total. The zero-order valence-electron chi connectivity index (χ0n) is 15.1. The molecule has 1 aromatic heterocycles. The number of nitrogens with zero attached hydrogens (tertiary/aromatic N) is 3. The van der Waals surface area contributed by atoms with Gasteiger partial charge in [-0.25, -0.2) is 4.68 Å². The van der Waals surface area contributed by atoms with Crippen molar-refractivity contribution in [2.45, 2.75) is 31.8 Å². The molecule has 1 fully saturated rings. The summed E-state index contributed by atoms with van der Waals surface area (Å²) in [6.45, 7) is 1.79. The van der Waals surface area contributed by atoms with Gasteiger partial charge in [0.05, 0.1) is 29.1 Å². The lowest BCUT2D eigenvalue weighted by Gasteiger charge is -2.34. The van der Waals surface area contributed by atoms with Crippen molar-refractivity contribution in [3.8, 4) is 5.69 Å². The quantitative estimate of drug-likeness (QED) is 0.752. The molecule has 0 bridgehead atoms. The fraction of sp³-hybridized carbons (Fsp3) is 0.444. The molecule has 2 atom stereocenters. The first-order valence-corrected chi connectivity index (χ1v) is 8.69. The van der Waals surface area contributed by atoms with Crippen LogP contribution in [0.1, 0.15) is 35.0 Å².